The van der Waals surface area contributed by atoms with E-state index in [1.165, 1.54) is 11.1 Å². The molecule has 0 saturated heterocycles. The molecule has 3 N–H and O–H groups in total. The Bertz CT molecular complexity index is 1320. The lowest BCUT2D eigenvalue weighted by Gasteiger charge is -2.30. The summed E-state index contributed by atoms with van der Waals surface area (Å²) in [6, 6.07) is 19.0. The van der Waals surface area contributed by atoms with Gasteiger partial charge in [0, 0.05) is 37.8 Å². The zero-order valence-electron chi connectivity index (χ0n) is 21.7. The van der Waals surface area contributed by atoms with E-state index in [0.29, 0.717) is 49.5 Å². The summed E-state index contributed by atoms with van der Waals surface area (Å²) in [7, 11) is 1.62. The maximum atomic E-state index is 13.2. The molecule has 2 aliphatic rings. The van der Waals surface area contributed by atoms with E-state index in [4.69, 9.17) is 9.47 Å². The van der Waals surface area contributed by atoms with E-state index < -0.39 is 6.10 Å². The van der Waals surface area contributed by atoms with Crippen molar-refractivity contribution in [3.05, 3.63) is 94.0 Å². The second-order valence-electron chi connectivity index (χ2n) is 9.69. The highest BCUT2D eigenvalue weighted by Gasteiger charge is 2.31. The molecule has 8 heteroatoms. The van der Waals surface area contributed by atoms with Crippen LogP contribution in [0, 0.1) is 0 Å². The molecule has 198 valence electrons. The van der Waals surface area contributed by atoms with E-state index in [9.17, 15) is 14.7 Å². The topological polar surface area (TPSA) is 100 Å². The summed E-state index contributed by atoms with van der Waals surface area (Å²) in [4.78, 5) is 28.1. The highest BCUT2D eigenvalue weighted by molar-refractivity contribution is 6.03. The Morgan fingerprint density at radius 3 is 2.63 bits per heavy atom. The third kappa shape index (κ3) is 5.37. The molecule has 0 bridgehead atoms. The maximum absolute atomic E-state index is 13.2. The Morgan fingerprint density at radius 1 is 1.13 bits per heavy atom. The fraction of sp³-hybridized carbons (Fsp3) is 0.333. The van der Waals surface area contributed by atoms with Gasteiger partial charge in [-0.1, -0.05) is 36.4 Å². The molecule has 3 aromatic rings. The van der Waals surface area contributed by atoms with Gasteiger partial charge in [-0.15, -0.1) is 0 Å². The number of hydrogen-bond acceptors (Lipinski definition) is 6. The molecule has 0 aromatic heterocycles. The van der Waals surface area contributed by atoms with Crippen LogP contribution < -0.4 is 20.1 Å². The molecule has 0 saturated carbocycles. The number of carbonyl (C=O) groups is 2. The fourth-order valence-electron chi connectivity index (χ4n) is 5.12. The second kappa shape index (κ2) is 11.2. The number of ether oxygens (including phenoxy) is 2. The van der Waals surface area contributed by atoms with Gasteiger partial charge in [0.05, 0.1) is 25.4 Å². The van der Waals surface area contributed by atoms with Crippen molar-refractivity contribution in [2.45, 2.75) is 45.1 Å². The maximum Gasteiger partial charge on any atom is 0.255 e. The molecule has 2 aliphatic heterocycles. The lowest BCUT2D eigenvalue weighted by atomic mass is 9.93. The summed E-state index contributed by atoms with van der Waals surface area (Å²) in [6.07, 6.45) is -0.0543. The number of aliphatic hydroxyl groups excluding tert-OH is 1. The Morgan fingerprint density at radius 2 is 1.89 bits per heavy atom. The van der Waals surface area contributed by atoms with Crippen LogP contribution in [0.4, 0.5) is 0 Å². The number of rotatable bonds is 9. The predicted molar refractivity (Wildman–Crippen MR) is 143 cm³/mol. The third-order valence-electron chi connectivity index (χ3n) is 7.21. The first kappa shape index (κ1) is 25.8. The summed E-state index contributed by atoms with van der Waals surface area (Å²) in [5.41, 5.74) is 5.12. The average molecular weight is 516 g/mol. The molecule has 2 atom stereocenters. The summed E-state index contributed by atoms with van der Waals surface area (Å²) in [5.74, 6) is 0.689. The van der Waals surface area contributed by atoms with Gasteiger partial charge in [0.2, 0.25) is 0 Å². The Hall–Kier alpha value is -3.88. The van der Waals surface area contributed by atoms with Crippen LogP contribution in [-0.4, -0.2) is 54.2 Å². The number of benzene rings is 3. The number of amides is 2. The van der Waals surface area contributed by atoms with Crippen molar-refractivity contribution in [3.8, 4) is 11.5 Å². The van der Waals surface area contributed by atoms with E-state index in [0.717, 1.165) is 16.9 Å². The smallest absolute Gasteiger partial charge is 0.255 e. The van der Waals surface area contributed by atoms with E-state index >= 15 is 0 Å². The van der Waals surface area contributed by atoms with Gasteiger partial charge in [-0.2, -0.15) is 0 Å². The summed E-state index contributed by atoms with van der Waals surface area (Å²) >= 11 is 0. The molecule has 1 unspecified atom stereocenters. The molecule has 3 aromatic carbocycles. The summed E-state index contributed by atoms with van der Waals surface area (Å²) in [6.45, 7) is 3.84. The van der Waals surface area contributed by atoms with Crippen molar-refractivity contribution in [3.63, 3.8) is 0 Å². The van der Waals surface area contributed by atoms with Crippen LogP contribution in [0.1, 0.15) is 49.9 Å². The van der Waals surface area contributed by atoms with Crippen LogP contribution in [0.3, 0.4) is 0 Å². The van der Waals surface area contributed by atoms with Gasteiger partial charge in [0.1, 0.15) is 11.5 Å². The monoisotopic (exact) mass is 515 g/mol. The van der Waals surface area contributed by atoms with Crippen molar-refractivity contribution in [1.29, 1.82) is 0 Å². The molecule has 2 heterocycles. The predicted octanol–water partition coefficient (Wildman–Crippen LogP) is 3.06. The van der Waals surface area contributed by atoms with Gasteiger partial charge in [0.15, 0.2) is 0 Å². The van der Waals surface area contributed by atoms with E-state index in [1.807, 2.05) is 43.3 Å². The highest BCUT2D eigenvalue weighted by Crippen LogP contribution is 2.31. The number of hydrogen-bond donors (Lipinski definition) is 3. The first-order chi connectivity index (χ1) is 18.5. The van der Waals surface area contributed by atoms with Gasteiger partial charge < -0.3 is 30.1 Å². The molecule has 0 radical (unpaired) electrons. The normalized spacial score (nSPS) is 17.0. The number of nitrogens with one attached hydrogen (secondary N) is 2. The minimum Gasteiger partial charge on any atom is -0.497 e. The minimum absolute atomic E-state index is 0.0946. The first-order valence-electron chi connectivity index (χ1n) is 12.9. The van der Waals surface area contributed by atoms with Gasteiger partial charge in [-0.05, 0) is 59.9 Å². The number of fused-ring (bicyclic) bond motifs is 2. The van der Waals surface area contributed by atoms with E-state index in [2.05, 4.69) is 22.8 Å². The fourth-order valence-corrected chi connectivity index (χ4v) is 5.12. The minimum atomic E-state index is -0.751. The van der Waals surface area contributed by atoms with Crippen molar-refractivity contribution < 1.29 is 24.2 Å². The largest absolute Gasteiger partial charge is 0.497 e. The van der Waals surface area contributed by atoms with Gasteiger partial charge >= 0.3 is 0 Å². The van der Waals surface area contributed by atoms with Gasteiger partial charge in [-0.3, -0.25) is 9.59 Å². The number of aliphatic hydroxyl groups is 1. The molecule has 2 amide bonds. The number of carbonyl (C=O) groups excluding carboxylic acids is 2. The molecular weight excluding hydrogens is 482 g/mol. The third-order valence-corrected chi connectivity index (χ3v) is 7.21. The molecule has 0 spiro atoms. The Kier molecular flexibility index (Phi) is 7.62. The number of methoxy groups -OCH3 is 1. The second-order valence-corrected chi connectivity index (χ2v) is 9.69. The van der Waals surface area contributed by atoms with Gasteiger partial charge in [0.25, 0.3) is 11.8 Å². The molecule has 5 rings (SSSR count). The summed E-state index contributed by atoms with van der Waals surface area (Å²) in [5, 5.41) is 17.0. The van der Waals surface area contributed by atoms with E-state index in [1.54, 1.807) is 24.1 Å². The molecular formula is C30H33N3O5. The van der Waals surface area contributed by atoms with Crippen molar-refractivity contribution in [1.82, 2.24) is 15.5 Å². The van der Waals surface area contributed by atoms with Crippen LogP contribution in [0.2, 0.25) is 0 Å². The summed E-state index contributed by atoms with van der Waals surface area (Å²) < 4.78 is 11.0. The van der Waals surface area contributed by atoms with Crippen LogP contribution in [-0.2, 0) is 26.1 Å². The average Bonchev–Trinajstić information content (AvgIpc) is 3.25. The first-order valence-corrected chi connectivity index (χ1v) is 12.9. The van der Waals surface area contributed by atoms with Crippen LogP contribution in [0.5, 0.6) is 11.5 Å². The zero-order chi connectivity index (χ0) is 26.6. The standard InChI is InChI=1S/C30H33N3O5/c1-3-38-28-14-24-22(18-33(30(24)36)17-19-8-10-23(37-2)11-9-19)12-25(28)29(35)32-16-27(34)26-13-20-6-4-5-7-21(20)15-31-26/h4-12,14,26-27,31,34H,3,13,15-18H2,1-2H3,(H,32,35)/t26-,27?/m0/s1. The number of nitrogens with zero attached hydrogens (tertiary/aromatic N) is 1. The van der Waals surface area contributed by atoms with Crippen molar-refractivity contribution in [2.24, 2.45) is 0 Å². The Balaban J connectivity index is 1.26. The van der Waals surface area contributed by atoms with Crippen LogP contribution >= 0.6 is 0 Å². The quantitative estimate of drug-likeness (QED) is 0.405. The van der Waals surface area contributed by atoms with Crippen molar-refractivity contribution >= 4 is 11.8 Å². The molecule has 0 aliphatic carbocycles. The molecule has 0 fully saturated rings. The van der Waals surface area contributed by atoms with Crippen LogP contribution in [0.25, 0.3) is 0 Å². The van der Waals surface area contributed by atoms with Crippen LogP contribution in [0.15, 0.2) is 60.7 Å². The molecule has 8 nitrogen and oxygen atoms in total. The zero-order valence-corrected chi connectivity index (χ0v) is 21.7. The molecule has 38 heavy (non-hydrogen) atoms. The van der Waals surface area contributed by atoms with Gasteiger partial charge in [-0.25, -0.2) is 0 Å². The van der Waals surface area contributed by atoms with E-state index in [-0.39, 0.29) is 24.4 Å². The highest BCUT2D eigenvalue weighted by atomic mass is 16.5. The lowest BCUT2D eigenvalue weighted by Crippen LogP contribution is -2.49. The SMILES string of the molecule is CCOc1cc2c(cc1C(=O)NCC(O)[C@@H]1Cc3ccccc3CN1)CN(Cc1ccc(OC)cc1)C2=O. The van der Waals surface area contributed by atoms with Crippen molar-refractivity contribution in [2.75, 3.05) is 20.3 Å². The lowest BCUT2D eigenvalue weighted by molar-refractivity contribution is 0.0766. The Labute approximate surface area is 222 Å².